The molecule has 14 heavy (non-hydrogen) atoms. The van der Waals surface area contributed by atoms with Crippen LogP contribution in [-0.2, 0) is 4.74 Å². The summed E-state index contributed by atoms with van der Waals surface area (Å²) in [6.45, 7) is 0. The Hall–Kier alpha value is -1.34. The van der Waals surface area contributed by atoms with Crippen LogP contribution in [0.15, 0.2) is 16.5 Å². The molecule has 0 saturated heterocycles. The van der Waals surface area contributed by atoms with Crippen LogP contribution in [0.5, 0.6) is 0 Å². The average Bonchev–Trinajstić information content (AvgIpc) is 2.66. The molecule has 0 aliphatic heterocycles. The monoisotopic (exact) mass is 210 g/mol. The highest BCUT2D eigenvalue weighted by Crippen LogP contribution is 2.07. The van der Waals surface area contributed by atoms with Crippen molar-refractivity contribution in [1.82, 2.24) is 0 Å². The van der Waals surface area contributed by atoms with E-state index in [9.17, 15) is 4.79 Å². The Bertz CT molecular complexity index is 370. The van der Waals surface area contributed by atoms with Crippen molar-refractivity contribution < 1.29 is 13.9 Å². The lowest BCUT2D eigenvalue weighted by molar-refractivity contribution is 0.0564. The van der Waals surface area contributed by atoms with Gasteiger partial charge in [0.1, 0.15) is 0 Å². The van der Waals surface area contributed by atoms with E-state index in [-0.39, 0.29) is 5.76 Å². The van der Waals surface area contributed by atoms with Gasteiger partial charge in [-0.05, 0) is 18.1 Å². The molecule has 0 aromatic carbocycles. The van der Waals surface area contributed by atoms with Gasteiger partial charge in [0.25, 0.3) is 0 Å². The summed E-state index contributed by atoms with van der Waals surface area (Å²) >= 11 is 4.01. The lowest BCUT2D eigenvalue weighted by atomic mass is 10.4. The molecule has 1 heterocycles. The first-order valence-corrected chi connectivity index (χ1v) is 4.69. The number of rotatable bonds is 2. The van der Waals surface area contributed by atoms with Crippen LogP contribution in [0.1, 0.15) is 22.7 Å². The van der Waals surface area contributed by atoms with Gasteiger partial charge >= 0.3 is 5.97 Å². The fourth-order valence-electron chi connectivity index (χ4n) is 0.821. The number of carbonyl (C=O) groups excluding carboxylic acids is 1. The predicted molar refractivity (Wildman–Crippen MR) is 55.4 cm³/mol. The van der Waals surface area contributed by atoms with E-state index in [0.717, 1.165) is 0 Å². The Balaban J connectivity index is 2.70. The lowest BCUT2D eigenvalue weighted by Gasteiger charge is -1.90. The Kier molecular flexibility index (Phi) is 4.14. The van der Waals surface area contributed by atoms with Gasteiger partial charge < -0.3 is 9.15 Å². The summed E-state index contributed by atoms with van der Waals surface area (Å²) in [5, 5.41) is 0. The molecule has 1 rings (SSSR count). The summed E-state index contributed by atoms with van der Waals surface area (Å²) in [6, 6.07) is 3.17. The van der Waals surface area contributed by atoms with Crippen molar-refractivity contribution >= 4 is 18.6 Å². The maximum atomic E-state index is 11.0. The summed E-state index contributed by atoms with van der Waals surface area (Å²) in [5.41, 5.74) is 0. The molecule has 3 nitrogen and oxygen atoms in total. The van der Waals surface area contributed by atoms with Gasteiger partial charge in [-0.15, -0.1) is 0 Å². The number of esters is 1. The Morgan fingerprint density at radius 3 is 3.07 bits per heavy atom. The summed E-state index contributed by atoms with van der Waals surface area (Å²) in [4.78, 5) is 11.0. The molecule has 0 spiro atoms. The van der Waals surface area contributed by atoms with Crippen LogP contribution < -0.4 is 0 Å². The van der Waals surface area contributed by atoms with Crippen LogP contribution in [0.25, 0.3) is 0 Å². The van der Waals surface area contributed by atoms with E-state index in [2.05, 4.69) is 29.2 Å². The highest BCUT2D eigenvalue weighted by Gasteiger charge is 2.09. The van der Waals surface area contributed by atoms with Gasteiger partial charge in [0.2, 0.25) is 5.76 Å². The minimum Gasteiger partial charge on any atom is -0.463 e. The van der Waals surface area contributed by atoms with Crippen molar-refractivity contribution in [2.75, 3.05) is 12.9 Å². The van der Waals surface area contributed by atoms with Gasteiger partial charge in [-0.25, -0.2) is 4.79 Å². The smallest absolute Gasteiger partial charge is 0.374 e. The van der Waals surface area contributed by atoms with E-state index >= 15 is 0 Å². The van der Waals surface area contributed by atoms with E-state index < -0.39 is 5.97 Å². The van der Waals surface area contributed by atoms with E-state index in [1.54, 1.807) is 6.07 Å². The summed E-state index contributed by atoms with van der Waals surface area (Å²) in [6.07, 6.45) is 0.692. The van der Waals surface area contributed by atoms with E-state index in [1.807, 2.05) is 0 Å². The van der Waals surface area contributed by atoms with Crippen molar-refractivity contribution in [1.29, 1.82) is 0 Å². The number of furan rings is 1. The maximum absolute atomic E-state index is 11.0. The van der Waals surface area contributed by atoms with Crippen LogP contribution in [0.4, 0.5) is 0 Å². The number of hydrogen-bond acceptors (Lipinski definition) is 4. The SMILES string of the molecule is COC(=O)c1ccc(C#CCCS)o1. The zero-order chi connectivity index (χ0) is 10.4. The van der Waals surface area contributed by atoms with Crippen LogP contribution in [0.2, 0.25) is 0 Å². The first kappa shape index (κ1) is 10.7. The van der Waals surface area contributed by atoms with Gasteiger partial charge in [0.15, 0.2) is 5.76 Å². The Morgan fingerprint density at radius 2 is 2.43 bits per heavy atom. The number of ether oxygens (including phenoxy) is 1. The second kappa shape index (κ2) is 5.40. The molecular formula is C10H10O3S. The molecule has 1 aromatic heterocycles. The third kappa shape index (κ3) is 2.86. The maximum Gasteiger partial charge on any atom is 0.374 e. The molecule has 0 fully saturated rings. The van der Waals surface area contributed by atoms with Crippen LogP contribution in [-0.4, -0.2) is 18.8 Å². The molecule has 0 aliphatic rings. The number of carbonyl (C=O) groups is 1. The lowest BCUT2D eigenvalue weighted by Crippen LogP contribution is -1.98. The first-order valence-electron chi connectivity index (χ1n) is 4.06. The van der Waals surface area contributed by atoms with Gasteiger partial charge in [-0.1, -0.05) is 5.92 Å². The molecule has 0 N–H and O–H groups in total. The van der Waals surface area contributed by atoms with Crippen LogP contribution in [0, 0.1) is 11.8 Å². The molecule has 0 unspecified atom stereocenters. The van der Waals surface area contributed by atoms with Crippen molar-refractivity contribution in [3.63, 3.8) is 0 Å². The molecule has 0 saturated carbocycles. The standard InChI is InChI=1S/C10H10O3S/c1-12-10(11)9-6-5-8(13-9)4-2-3-7-14/h5-6,14H,3,7H2,1H3. The zero-order valence-corrected chi connectivity index (χ0v) is 8.64. The molecular weight excluding hydrogens is 200 g/mol. The first-order chi connectivity index (χ1) is 6.77. The topological polar surface area (TPSA) is 39.4 Å². The van der Waals surface area contributed by atoms with Gasteiger partial charge in [-0.2, -0.15) is 12.6 Å². The highest BCUT2D eigenvalue weighted by molar-refractivity contribution is 7.80. The molecule has 74 valence electrons. The van der Waals surface area contributed by atoms with Crippen molar-refractivity contribution in [3.8, 4) is 11.8 Å². The Morgan fingerprint density at radius 1 is 1.64 bits per heavy atom. The van der Waals surface area contributed by atoms with E-state index in [0.29, 0.717) is 17.9 Å². The molecule has 0 bridgehead atoms. The van der Waals surface area contributed by atoms with Gasteiger partial charge in [-0.3, -0.25) is 0 Å². The third-order valence-electron chi connectivity index (χ3n) is 1.44. The number of hydrogen-bond donors (Lipinski definition) is 1. The van der Waals surface area contributed by atoms with Crippen molar-refractivity contribution in [2.24, 2.45) is 0 Å². The normalized spacial score (nSPS) is 9.00. The second-order valence-electron chi connectivity index (χ2n) is 2.43. The zero-order valence-electron chi connectivity index (χ0n) is 7.74. The molecule has 0 aliphatic carbocycles. The van der Waals surface area contributed by atoms with E-state index in [4.69, 9.17) is 4.42 Å². The minimum absolute atomic E-state index is 0.169. The Labute approximate surface area is 87.8 Å². The largest absolute Gasteiger partial charge is 0.463 e. The van der Waals surface area contributed by atoms with Gasteiger partial charge in [0, 0.05) is 12.2 Å². The van der Waals surface area contributed by atoms with Crippen LogP contribution >= 0.6 is 12.6 Å². The average molecular weight is 210 g/mol. The summed E-state index contributed by atoms with van der Waals surface area (Å²) in [7, 11) is 1.30. The number of methoxy groups -OCH3 is 1. The second-order valence-corrected chi connectivity index (χ2v) is 2.88. The van der Waals surface area contributed by atoms with Crippen molar-refractivity contribution in [2.45, 2.75) is 6.42 Å². The van der Waals surface area contributed by atoms with Gasteiger partial charge in [0.05, 0.1) is 7.11 Å². The summed E-state index contributed by atoms with van der Waals surface area (Å²) in [5.74, 6) is 6.47. The minimum atomic E-state index is -0.493. The quantitative estimate of drug-likeness (QED) is 0.459. The van der Waals surface area contributed by atoms with Crippen LogP contribution in [0.3, 0.4) is 0 Å². The van der Waals surface area contributed by atoms with Crippen molar-refractivity contribution in [3.05, 3.63) is 23.7 Å². The molecule has 1 aromatic rings. The molecule has 0 amide bonds. The fourth-order valence-corrected chi connectivity index (χ4v) is 0.933. The number of thiol groups is 1. The molecule has 4 heteroatoms. The summed E-state index contributed by atoms with van der Waals surface area (Å²) < 4.78 is 9.59. The molecule has 0 atom stereocenters. The predicted octanol–water partition coefficient (Wildman–Crippen LogP) is 1.74. The molecule has 0 radical (unpaired) electrons. The third-order valence-corrected chi connectivity index (χ3v) is 1.66. The highest BCUT2D eigenvalue weighted by atomic mass is 32.1. The van der Waals surface area contributed by atoms with E-state index in [1.165, 1.54) is 13.2 Å². The fraction of sp³-hybridized carbons (Fsp3) is 0.300.